The van der Waals surface area contributed by atoms with Crippen LogP contribution in [-0.2, 0) is 0 Å². The Bertz CT molecular complexity index is 613. The first kappa shape index (κ1) is 14.1. The topological polar surface area (TPSA) is 53.1 Å². The quantitative estimate of drug-likeness (QED) is 0.904. The first-order valence-electron chi connectivity index (χ1n) is 7.72. The molecule has 3 rings (SSSR count). The molecule has 0 amide bonds. The molecule has 1 unspecified atom stereocenters. The molecule has 2 heterocycles. The minimum Gasteiger partial charge on any atom is -0.365 e. The van der Waals surface area contributed by atoms with Crippen molar-refractivity contribution in [3.63, 3.8) is 0 Å². The fourth-order valence-electron chi connectivity index (χ4n) is 2.90. The second kappa shape index (κ2) is 6.26. The van der Waals surface area contributed by atoms with Crippen LogP contribution >= 0.6 is 0 Å². The minimum absolute atomic E-state index is 0.455. The lowest BCUT2D eigenvalue weighted by Gasteiger charge is -2.30. The Morgan fingerprint density at radius 2 is 2.14 bits per heavy atom. The summed E-state index contributed by atoms with van der Waals surface area (Å²) in [6, 6.07) is 8.63. The molecule has 2 N–H and O–H groups in total. The van der Waals surface area contributed by atoms with Crippen LogP contribution < -0.4 is 10.6 Å². The van der Waals surface area contributed by atoms with Crippen molar-refractivity contribution in [2.24, 2.45) is 0 Å². The Morgan fingerprint density at radius 1 is 1.29 bits per heavy atom. The summed E-state index contributed by atoms with van der Waals surface area (Å²) in [5.41, 5.74) is 0.982. The van der Waals surface area contributed by atoms with Crippen molar-refractivity contribution in [3.8, 4) is 0 Å². The molecule has 5 nitrogen and oxygen atoms in total. The Kier molecular flexibility index (Phi) is 4.20. The maximum absolute atomic E-state index is 4.66. The van der Waals surface area contributed by atoms with Gasteiger partial charge in [-0.15, -0.1) is 0 Å². The number of anilines is 2. The van der Waals surface area contributed by atoms with Crippen molar-refractivity contribution >= 4 is 22.7 Å². The maximum Gasteiger partial charge on any atom is 0.225 e. The Labute approximate surface area is 125 Å². The number of likely N-dealkylation sites (N-methyl/N-ethyl adjacent to an activating group) is 1. The number of rotatable bonds is 4. The van der Waals surface area contributed by atoms with Crippen LogP contribution in [0.25, 0.3) is 10.9 Å². The number of benzene rings is 1. The third-order valence-corrected chi connectivity index (χ3v) is 3.90. The highest BCUT2D eigenvalue weighted by Crippen LogP contribution is 2.24. The van der Waals surface area contributed by atoms with Gasteiger partial charge in [-0.05, 0) is 45.5 Å². The van der Waals surface area contributed by atoms with Crippen molar-refractivity contribution in [1.82, 2.24) is 14.9 Å². The number of para-hydroxylation sites is 1. The second-order valence-electron chi connectivity index (χ2n) is 5.69. The average Bonchev–Trinajstić information content (AvgIpc) is 2.48. The van der Waals surface area contributed by atoms with Crippen LogP contribution in [0, 0.1) is 0 Å². The fourth-order valence-corrected chi connectivity index (χ4v) is 2.90. The molecule has 1 aliphatic heterocycles. The molecule has 112 valence electrons. The molecule has 1 atom stereocenters. The van der Waals surface area contributed by atoms with Crippen molar-refractivity contribution in [1.29, 1.82) is 0 Å². The molecule has 0 radical (unpaired) electrons. The van der Waals surface area contributed by atoms with Crippen LogP contribution in [-0.4, -0.2) is 47.6 Å². The lowest BCUT2D eigenvalue weighted by molar-refractivity contribution is 0.261. The monoisotopic (exact) mass is 285 g/mol. The zero-order valence-electron chi connectivity index (χ0n) is 12.8. The molecule has 1 saturated heterocycles. The summed E-state index contributed by atoms with van der Waals surface area (Å²) in [7, 11) is 2.18. The van der Waals surface area contributed by atoms with E-state index in [4.69, 9.17) is 0 Å². The van der Waals surface area contributed by atoms with Crippen molar-refractivity contribution in [3.05, 3.63) is 24.3 Å². The number of nitrogens with one attached hydrogen (secondary N) is 2. The molecule has 21 heavy (non-hydrogen) atoms. The fraction of sp³-hybridized carbons (Fsp3) is 0.500. The van der Waals surface area contributed by atoms with Gasteiger partial charge >= 0.3 is 0 Å². The van der Waals surface area contributed by atoms with Gasteiger partial charge in [0.05, 0.1) is 5.52 Å². The normalized spacial score (nSPS) is 19.6. The van der Waals surface area contributed by atoms with E-state index in [0.717, 1.165) is 29.8 Å². The van der Waals surface area contributed by atoms with Gasteiger partial charge in [-0.25, -0.2) is 4.98 Å². The molecule has 0 bridgehead atoms. The van der Waals surface area contributed by atoms with E-state index in [2.05, 4.69) is 45.5 Å². The highest BCUT2D eigenvalue weighted by atomic mass is 15.2. The van der Waals surface area contributed by atoms with Crippen LogP contribution in [0.15, 0.2) is 24.3 Å². The number of hydrogen-bond donors (Lipinski definition) is 2. The van der Waals surface area contributed by atoms with Crippen LogP contribution in [0.1, 0.15) is 19.8 Å². The van der Waals surface area contributed by atoms with Crippen LogP contribution in [0.4, 0.5) is 11.8 Å². The van der Waals surface area contributed by atoms with Crippen molar-refractivity contribution < 1.29 is 0 Å². The van der Waals surface area contributed by atoms with E-state index < -0.39 is 0 Å². The van der Waals surface area contributed by atoms with Gasteiger partial charge in [0.25, 0.3) is 0 Å². The molecule has 0 spiro atoms. The molecule has 1 fully saturated rings. The van der Waals surface area contributed by atoms with E-state index in [1.165, 1.54) is 19.4 Å². The largest absolute Gasteiger partial charge is 0.365 e. The van der Waals surface area contributed by atoms with Crippen LogP contribution in [0.2, 0.25) is 0 Å². The maximum atomic E-state index is 4.66. The van der Waals surface area contributed by atoms with E-state index in [9.17, 15) is 0 Å². The van der Waals surface area contributed by atoms with E-state index in [0.29, 0.717) is 12.0 Å². The van der Waals surface area contributed by atoms with Gasteiger partial charge in [0.2, 0.25) is 5.95 Å². The Hall–Kier alpha value is -1.88. The number of likely N-dealkylation sites (tertiary alicyclic amines) is 1. The van der Waals surface area contributed by atoms with Gasteiger partial charge in [0.1, 0.15) is 5.82 Å². The molecule has 1 aromatic carbocycles. The summed E-state index contributed by atoms with van der Waals surface area (Å²) < 4.78 is 0. The van der Waals surface area contributed by atoms with Crippen LogP contribution in [0.3, 0.4) is 0 Å². The molecular formula is C16H23N5. The number of fused-ring (bicyclic) bond motifs is 1. The highest BCUT2D eigenvalue weighted by Gasteiger charge is 2.18. The zero-order valence-corrected chi connectivity index (χ0v) is 12.8. The van der Waals surface area contributed by atoms with E-state index in [1.54, 1.807) is 0 Å². The summed E-state index contributed by atoms with van der Waals surface area (Å²) >= 11 is 0. The Balaban J connectivity index is 1.91. The number of nitrogens with zero attached hydrogens (tertiary/aromatic N) is 3. The number of piperidine rings is 1. The second-order valence-corrected chi connectivity index (χ2v) is 5.69. The lowest BCUT2D eigenvalue weighted by Crippen LogP contribution is -2.40. The first-order chi connectivity index (χ1) is 10.3. The van der Waals surface area contributed by atoms with E-state index in [1.807, 2.05) is 18.2 Å². The van der Waals surface area contributed by atoms with Gasteiger partial charge in [-0.3, -0.25) is 0 Å². The van der Waals surface area contributed by atoms with Gasteiger partial charge in [-0.1, -0.05) is 12.1 Å². The first-order valence-corrected chi connectivity index (χ1v) is 7.72. The number of hydrogen-bond acceptors (Lipinski definition) is 5. The summed E-state index contributed by atoms with van der Waals surface area (Å²) in [6.45, 7) is 5.13. The SMILES string of the molecule is CCNc1nc(NC2CCCN(C)C2)c2ccccc2n1. The smallest absolute Gasteiger partial charge is 0.225 e. The predicted octanol–water partition coefficient (Wildman–Crippen LogP) is 2.57. The standard InChI is InChI=1S/C16H23N5/c1-3-17-16-19-14-9-5-4-8-13(14)15(20-16)18-12-7-6-10-21(2)11-12/h4-5,8-9,12H,3,6-7,10-11H2,1-2H3,(H2,17,18,19,20). The van der Waals surface area contributed by atoms with Gasteiger partial charge in [0.15, 0.2) is 0 Å². The van der Waals surface area contributed by atoms with Crippen molar-refractivity contribution in [2.45, 2.75) is 25.8 Å². The van der Waals surface area contributed by atoms with E-state index in [-0.39, 0.29) is 0 Å². The zero-order chi connectivity index (χ0) is 14.7. The molecule has 0 aliphatic carbocycles. The number of aromatic nitrogens is 2. The highest BCUT2D eigenvalue weighted by molar-refractivity contribution is 5.90. The molecule has 0 saturated carbocycles. The third-order valence-electron chi connectivity index (χ3n) is 3.90. The average molecular weight is 285 g/mol. The molecule has 1 aliphatic rings. The molecule has 2 aromatic rings. The van der Waals surface area contributed by atoms with Gasteiger partial charge in [-0.2, -0.15) is 4.98 Å². The molecule has 1 aromatic heterocycles. The molecular weight excluding hydrogens is 262 g/mol. The molecule has 5 heteroatoms. The summed E-state index contributed by atoms with van der Waals surface area (Å²) in [5, 5.41) is 7.92. The lowest BCUT2D eigenvalue weighted by atomic mass is 10.1. The summed E-state index contributed by atoms with van der Waals surface area (Å²) in [5.74, 6) is 1.64. The minimum atomic E-state index is 0.455. The predicted molar refractivity (Wildman–Crippen MR) is 87.8 cm³/mol. The van der Waals surface area contributed by atoms with Gasteiger partial charge in [0, 0.05) is 24.5 Å². The van der Waals surface area contributed by atoms with Crippen molar-refractivity contribution in [2.75, 3.05) is 37.3 Å². The van der Waals surface area contributed by atoms with E-state index >= 15 is 0 Å². The van der Waals surface area contributed by atoms with Gasteiger partial charge < -0.3 is 15.5 Å². The Morgan fingerprint density at radius 3 is 2.95 bits per heavy atom. The third kappa shape index (κ3) is 3.24. The summed E-state index contributed by atoms with van der Waals surface area (Å²) in [4.78, 5) is 11.6. The summed E-state index contributed by atoms with van der Waals surface area (Å²) in [6.07, 6.45) is 2.43. The van der Waals surface area contributed by atoms with Crippen LogP contribution in [0.5, 0.6) is 0 Å².